The Morgan fingerprint density at radius 2 is 0.621 bits per heavy atom. The van der Waals surface area contributed by atoms with Gasteiger partial charge in [-0.3, -0.25) is 14.4 Å². The van der Waals surface area contributed by atoms with Crippen LogP contribution < -0.4 is 0 Å². The van der Waals surface area contributed by atoms with Crippen LogP contribution in [-0.2, 0) is 28.6 Å². The van der Waals surface area contributed by atoms with E-state index in [-0.39, 0.29) is 31.1 Å². The molecule has 0 aliphatic heterocycles. The lowest BCUT2D eigenvalue weighted by molar-refractivity contribution is -0.167. The SMILES string of the molecule is CCCCCC=CCC=CCCCCCCCC(=O)OC(COC(=O)CCCCCCCCCCCCCC)COC(=O)CCCCCCCCCCCCCCC. The number of carbonyl (C=O) groups excluding carboxylic acids is 3. The predicted molar refractivity (Wildman–Crippen MR) is 247 cm³/mol. The monoisotopic (exact) mass is 817 g/mol. The molecule has 0 rings (SSSR count). The lowest BCUT2D eigenvalue weighted by Gasteiger charge is -2.18. The van der Waals surface area contributed by atoms with Crippen LogP contribution in [0.4, 0.5) is 0 Å². The molecular weight excluding hydrogens is 721 g/mol. The van der Waals surface area contributed by atoms with Gasteiger partial charge in [-0.15, -0.1) is 0 Å². The molecule has 0 spiro atoms. The lowest BCUT2D eigenvalue weighted by Crippen LogP contribution is -2.30. The van der Waals surface area contributed by atoms with Gasteiger partial charge in [-0.25, -0.2) is 0 Å². The normalized spacial score (nSPS) is 12.1. The van der Waals surface area contributed by atoms with Gasteiger partial charge in [0.1, 0.15) is 13.2 Å². The number of carbonyl (C=O) groups is 3. The molecule has 6 nitrogen and oxygen atoms in total. The highest BCUT2D eigenvalue weighted by molar-refractivity contribution is 5.71. The molecule has 0 fully saturated rings. The fraction of sp³-hybridized carbons (Fsp3) is 0.865. The Hall–Kier alpha value is -2.11. The van der Waals surface area contributed by atoms with Crippen molar-refractivity contribution in [3.05, 3.63) is 24.3 Å². The minimum atomic E-state index is -0.771. The highest BCUT2D eigenvalue weighted by Crippen LogP contribution is 2.16. The molecule has 58 heavy (non-hydrogen) atoms. The summed E-state index contributed by atoms with van der Waals surface area (Å²) in [4.78, 5) is 37.9. The zero-order valence-corrected chi connectivity index (χ0v) is 38.8. The number of hydrogen-bond donors (Lipinski definition) is 0. The molecule has 0 aromatic rings. The summed E-state index contributed by atoms with van der Waals surface area (Å²) in [5.74, 6) is -0.874. The maximum absolute atomic E-state index is 12.8. The Balaban J connectivity index is 4.37. The fourth-order valence-electron chi connectivity index (χ4n) is 7.36. The van der Waals surface area contributed by atoms with Gasteiger partial charge in [0.05, 0.1) is 0 Å². The van der Waals surface area contributed by atoms with Gasteiger partial charge in [0.25, 0.3) is 0 Å². The van der Waals surface area contributed by atoms with Gasteiger partial charge in [0.2, 0.25) is 0 Å². The third-order valence-electron chi connectivity index (χ3n) is 11.2. The molecule has 0 bridgehead atoms. The first-order valence-electron chi connectivity index (χ1n) is 25.3. The van der Waals surface area contributed by atoms with E-state index >= 15 is 0 Å². The molecule has 0 aromatic carbocycles. The summed E-state index contributed by atoms with van der Waals surface area (Å²) in [6.45, 7) is 6.62. The second-order valence-electron chi connectivity index (χ2n) is 17.1. The van der Waals surface area contributed by atoms with Crippen LogP contribution in [0, 0.1) is 0 Å². The van der Waals surface area contributed by atoms with E-state index in [1.807, 2.05) is 0 Å². The fourth-order valence-corrected chi connectivity index (χ4v) is 7.36. The Kier molecular flexibility index (Phi) is 45.8. The van der Waals surface area contributed by atoms with E-state index < -0.39 is 6.10 Å². The van der Waals surface area contributed by atoms with Crippen LogP contribution in [0.5, 0.6) is 0 Å². The molecule has 1 unspecified atom stereocenters. The first-order chi connectivity index (χ1) is 28.5. The Bertz CT molecular complexity index is 942. The Morgan fingerprint density at radius 3 is 0.983 bits per heavy atom. The largest absolute Gasteiger partial charge is 0.462 e. The topological polar surface area (TPSA) is 78.9 Å². The van der Waals surface area contributed by atoms with Crippen molar-refractivity contribution in [2.75, 3.05) is 13.2 Å². The molecule has 0 heterocycles. The summed E-state index contributed by atoms with van der Waals surface area (Å²) in [5, 5.41) is 0. The number of esters is 3. The van der Waals surface area contributed by atoms with Crippen LogP contribution >= 0.6 is 0 Å². The van der Waals surface area contributed by atoms with Gasteiger partial charge in [0, 0.05) is 19.3 Å². The molecule has 0 aromatic heterocycles. The summed E-state index contributed by atoms with van der Waals surface area (Å²) in [6.07, 6.45) is 52.9. The van der Waals surface area contributed by atoms with Crippen molar-refractivity contribution >= 4 is 17.9 Å². The molecule has 340 valence electrons. The van der Waals surface area contributed by atoms with Gasteiger partial charge < -0.3 is 14.2 Å². The number of rotatable bonds is 46. The van der Waals surface area contributed by atoms with Crippen molar-refractivity contribution in [2.45, 2.75) is 277 Å². The minimum Gasteiger partial charge on any atom is -0.462 e. The van der Waals surface area contributed by atoms with Crippen molar-refractivity contribution < 1.29 is 28.6 Å². The molecule has 0 saturated carbocycles. The van der Waals surface area contributed by atoms with Crippen molar-refractivity contribution in [1.82, 2.24) is 0 Å². The Labute approximate surface area is 360 Å². The highest BCUT2D eigenvalue weighted by Gasteiger charge is 2.19. The predicted octanol–water partition coefficient (Wildman–Crippen LogP) is 16.4. The van der Waals surface area contributed by atoms with Crippen molar-refractivity contribution in [1.29, 1.82) is 0 Å². The smallest absolute Gasteiger partial charge is 0.306 e. The van der Waals surface area contributed by atoms with Crippen molar-refractivity contribution in [3.63, 3.8) is 0 Å². The standard InChI is InChI=1S/C52H96O6/c1-4-7-10-13-16-19-22-25-26-28-31-34-37-40-43-46-52(55)58-49(47-56-50(53)44-41-38-35-32-29-24-21-18-15-12-9-6-3)48-57-51(54)45-42-39-36-33-30-27-23-20-17-14-11-8-5-2/h16,19,25-26,49H,4-15,17-18,20-24,27-48H2,1-3H3. The van der Waals surface area contributed by atoms with Crippen LogP contribution in [0.15, 0.2) is 24.3 Å². The van der Waals surface area contributed by atoms with Gasteiger partial charge in [0.15, 0.2) is 6.10 Å². The first kappa shape index (κ1) is 55.9. The molecule has 0 aliphatic carbocycles. The molecule has 6 heteroatoms. The van der Waals surface area contributed by atoms with Gasteiger partial charge >= 0.3 is 17.9 Å². The average Bonchev–Trinajstić information content (AvgIpc) is 3.22. The van der Waals surface area contributed by atoms with E-state index in [1.165, 1.54) is 154 Å². The molecule has 0 saturated heterocycles. The highest BCUT2D eigenvalue weighted by atomic mass is 16.6. The van der Waals surface area contributed by atoms with Crippen LogP contribution in [0.3, 0.4) is 0 Å². The van der Waals surface area contributed by atoms with Crippen LogP contribution in [-0.4, -0.2) is 37.2 Å². The first-order valence-corrected chi connectivity index (χ1v) is 25.3. The van der Waals surface area contributed by atoms with Gasteiger partial charge in [-0.05, 0) is 51.4 Å². The molecule has 0 aliphatic rings. The molecule has 0 radical (unpaired) electrons. The van der Waals surface area contributed by atoms with E-state index in [0.717, 1.165) is 77.0 Å². The Morgan fingerprint density at radius 1 is 0.345 bits per heavy atom. The number of unbranched alkanes of at least 4 members (excludes halogenated alkanes) is 31. The maximum atomic E-state index is 12.8. The maximum Gasteiger partial charge on any atom is 0.306 e. The summed E-state index contributed by atoms with van der Waals surface area (Å²) in [5.41, 5.74) is 0. The summed E-state index contributed by atoms with van der Waals surface area (Å²) in [6, 6.07) is 0. The van der Waals surface area contributed by atoms with E-state index in [1.54, 1.807) is 0 Å². The van der Waals surface area contributed by atoms with E-state index in [9.17, 15) is 14.4 Å². The van der Waals surface area contributed by atoms with Gasteiger partial charge in [-0.1, -0.05) is 225 Å². The average molecular weight is 817 g/mol. The van der Waals surface area contributed by atoms with Crippen molar-refractivity contribution in [2.24, 2.45) is 0 Å². The lowest BCUT2D eigenvalue weighted by atomic mass is 10.0. The summed E-state index contributed by atoms with van der Waals surface area (Å²) >= 11 is 0. The third kappa shape index (κ3) is 45.0. The second-order valence-corrected chi connectivity index (χ2v) is 17.1. The van der Waals surface area contributed by atoms with Crippen molar-refractivity contribution in [3.8, 4) is 0 Å². The molecule has 1 atom stereocenters. The quantitative estimate of drug-likeness (QED) is 0.0263. The molecule has 0 N–H and O–H groups in total. The van der Waals surface area contributed by atoms with Crippen LogP contribution in [0.2, 0.25) is 0 Å². The number of allylic oxidation sites excluding steroid dienone is 4. The molecule has 0 amide bonds. The van der Waals surface area contributed by atoms with Crippen LogP contribution in [0.1, 0.15) is 271 Å². The van der Waals surface area contributed by atoms with E-state index in [4.69, 9.17) is 14.2 Å². The summed E-state index contributed by atoms with van der Waals surface area (Å²) < 4.78 is 16.8. The zero-order chi connectivity index (χ0) is 42.3. The molecular formula is C52H96O6. The third-order valence-corrected chi connectivity index (χ3v) is 11.2. The second kappa shape index (κ2) is 47.6. The van der Waals surface area contributed by atoms with E-state index in [2.05, 4.69) is 45.1 Å². The zero-order valence-electron chi connectivity index (χ0n) is 38.8. The minimum absolute atomic E-state index is 0.0724. The summed E-state index contributed by atoms with van der Waals surface area (Å²) in [7, 11) is 0. The van der Waals surface area contributed by atoms with Gasteiger partial charge in [-0.2, -0.15) is 0 Å². The van der Waals surface area contributed by atoms with Crippen LogP contribution in [0.25, 0.3) is 0 Å². The number of ether oxygens (including phenoxy) is 3. The number of hydrogen-bond acceptors (Lipinski definition) is 6. The van der Waals surface area contributed by atoms with E-state index in [0.29, 0.717) is 19.3 Å².